The molecule has 3 heterocycles. The van der Waals surface area contributed by atoms with Crippen LogP contribution in [0.15, 0.2) is 41.3 Å². The maximum Gasteiger partial charge on any atom is 0.416 e. The number of aromatic nitrogens is 3. The molecule has 2 aromatic carbocycles. The molecule has 5 rings (SSSR count). The van der Waals surface area contributed by atoms with E-state index >= 15 is 0 Å². The lowest BCUT2D eigenvalue weighted by atomic mass is 10.1. The van der Waals surface area contributed by atoms with Gasteiger partial charge in [-0.3, -0.25) is 19.3 Å². The highest BCUT2D eigenvalue weighted by Crippen LogP contribution is 2.35. The zero-order valence-electron chi connectivity index (χ0n) is 20.9. The number of alkyl halides is 3. The number of carbonyl (C=O) groups excluding carboxylic acids is 3. The number of fused-ring (bicyclic) bond motifs is 1. The Hall–Kier alpha value is -3.47. The molecule has 0 radical (unpaired) electrons. The molecule has 0 atom stereocenters. The zero-order valence-corrected chi connectivity index (χ0v) is 23.3. The molecule has 2 saturated heterocycles. The van der Waals surface area contributed by atoms with Crippen LogP contribution < -0.4 is 4.72 Å². The number of nitrogens with zero attached hydrogens (tertiary/aromatic N) is 5. The third-order valence-corrected chi connectivity index (χ3v) is 9.03. The second-order valence-electron chi connectivity index (χ2n) is 9.20. The Morgan fingerprint density at radius 2 is 1.85 bits per heavy atom. The monoisotopic (exact) mass is 628 g/mol. The van der Waals surface area contributed by atoms with Crippen molar-refractivity contribution in [2.45, 2.75) is 25.6 Å². The lowest BCUT2D eigenvalue weighted by molar-refractivity contribution is -0.138. The van der Waals surface area contributed by atoms with Crippen molar-refractivity contribution in [1.82, 2.24) is 28.9 Å². The highest BCUT2D eigenvalue weighted by molar-refractivity contribution is 8.18. The first-order valence-electron chi connectivity index (χ1n) is 12.1. The summed E-state index contributed by atoms with van der Waals surface area (Å²) in [5.74, 6) is -1.80. The SMILES string of the molecule is O=C(CN1C(=O)S/C(=C\c2ccc3c(c2)nnn3Cc2ccc(Cl)cc2C(F)(F)F)C1=O)NS(=O)(=O)N1CCCC1. The average molecular weight is 629 g/mol. The van der Waals surface area contributed by atoms with Crippen molar-refractivity contribution in [3.63, 3.8) is 0 Å². The van der Waals surface area contributed by atoms with E-state index in [2.05, 4.69) is 10.3 Å². The fourth-order valence-electron chi connectivity index (χ4n) is 4.41. The summed E-state index contributed by atoms with van der Waals surface area (Å²) in [4.78, 5) is 38.2. The van der Waals surface area contributed by atoms with E-state index in [-0.39, 0.29) is 35.1 Å². The number of amides is 3. The first kappa shape index (κ1) is 29.0. The van der Waals surface area contributed by atoms with Crippen LogP contribution in [0.1, 0.15) is 29.5 Å². The molecule has 3 amide bonds. The van der Waals surface area contributed by atoms with Gasteiger partial charge in [0.15, 0.2) is 0 Å². The molecule has 2 aliphatic heterocycles. The van der Waals surface area contributed by atoms with Crippen LogP contribution in [0, 0.1) is 0 Å². The predicted octanol–water partition coefficient (Wildman–Crippen LogP) is 3.64. The quantitative estimate of drug-likeness (QED) is 0.392. The highest BCUT2D eigenvalue weighted by Gasteiger charge is 2.38. The van der Waals surface area contributed by atoms with Gasteiger partial charge in [0.2, 0.25) is 0 Å². The Morgan fingerprint density at radius 3 is 2.56 bits per heavy atom. The van der Waals surface area contributed by atoms with E-state index in [0.29, 0.717) is 46.1 Å². The van der Waals surface area contributed by atoms with Gasteiger partial charge in [0.25, 0.3) is 17.1 Å². The topological polar surface area (TPSA) is 135 Å². The number of hydrogen-bond donors (Lipinski definition) is 1. The number of nitrogens with one attached hydrogen (secondary N) is 1. The van der Waals surface area contributed by atoms with Crippen molar-refractivity contribution in [2.75, 3.05) is 19.6 Å². The maximum absolute atomic E-state index is 13.5. The van der Waals surface area contributed by atoms with Crippen LogP contribution in [0.3, 0.4) is 0 Å². The minimum absolute atomic E-state index is 0.00655. The summed E-state index contributed by atoms with van der Waals surface area (Å²) in [7, 11) is -4.06. The molecule has 0 unspecified atom stereocenters. The number of benzene rings is 2. The number of carbonyl (C=O) groups is 3. The molecule has 0 aliphatic carbocycles. The molecule has 17 heteroatoms. The molecule has 216 valence electrons. The maximum atomic E-state index is 13.5. The van der Waals surface area contributed by atoms with Gasteiger partial charge in [-0.15, -0.1) is 5.10 Å². The first-order chi connectivity index (χ1) is 19.3. The standard InChI is InChI=1S/C24H20ClF3N6O5S2/c25-16-5-4-15(17(11-16)24(26,27)28)12-34-19-6-3-14(9-18(19)29-31-34)10-20-22(36)33(23(37)40-20)13-21(35)30-41(38,39)32-7-1-2-8-32/h3-6,9-11H,1-2,7-8,12-13H2,(H,30,35)/b20-10-. The van der Waals surface area contributed by atoms with Gasteiger partial charge in [0, 0.05) is 18.1 Å². The molecule has 3 aromatic rings. The van der Waals surface area contributed by atoms with Gasteiger partial charge in [-0.05, 0) is 66.1 Å². The van der Waals surface area contributed by atoms with Crippen molar-refractivity contribution in [1.29, 1.82) is 0 Å². The van der Waals surface area contributed by atoms with E-state index in [1.54, 1.807) is 12.1 Å². The third kappa shape index (κ3) is 6.24. The van der Waals surface area contributed by atoms with Gasteiger partial charge >= 0.3 is 16.4 Å². The molecule has 2 fully saturated rings. The van der Waals surface area contributed by atoms with Crippen LogP contribution in [0.4, 0.5) is 18.0 Å². The molecular formula is C24H20ClF3N6O5S2. The van der Waals surface area contributed by atoms with Crippen LogP contribution in [0.5, 0.6) is 0 Å². The molecule has 1 aromatic heterocycles. The minimum Gasteiger partial charge on any atom is -0.272 e. The van der Waals surface area contributed by atoms with Gasteiger partial charge in [0.1, 0.15) is 12.1 Å². The summed E-state index contributed by atoms with van der Waals surface area (Å²) in [6.07, 6.45) is -1.88. The molecule has 0 spiro atoms. The fraction of sp³-hybridized carbons (Fsp3) is 0.292. The second-order valence-corrected chi connectivity index (χ2v) is 12.3. The Balaban J connectivity index is 1.30. The van der Waals surface area contributed by atoms with E-state index < -0.39 is 45.5 Å². The van der Waals surface area contributed by atoms with Crippen LogP contribution in [0.2, 0.25) is 5.02 Å². The zero-order chi connectivity index (χ0) is 29.5. The smallest absolute Gasteiger partial charge is 0.272 e. The van der Waals surface area contributed by atoms with Gasteiger partial charge in [0.05, 0.1) is 22.5 Å². The van der Waals surface area contributed by atoms with Crippen molar-refractivity contribution >= 4 is 67.7 Å². The van der Waals surface area contributed by atoms with E-state index in [0.717, 1.165) is 10.4 Å². The third-order valence-electron chi connectivity index (χ3n) is 6.36. The van der Waals surface area contributed by atoms with Crippen molar-refractivity contribution in [3.8, 4) is 0 Å². The van der Waals surface area contributed by atoms with E-state index in [4.69, 9.17) is 11.6 Å². The fourth-order valence-corrected chi connectivity index (χ4v) is 6.64. The molecule has 0 saturated carbocycles. The Morgan fingerprint density at radius 1 is 1.12 bits per heavy atom. The number of halogens is 4. The highest BCUT2D eigenvalue weighted by atomic mass is 35.5. The van der Waals surface area contributed by atoms with Crippen molar-refractivity contribution in [3.05, 3.63) is 63.0 Å². The lowest BCUT2D eigenvalue weighted by Crippen LogP contribution is -2.46. The second kappa shape index (κ2) is 11.1. The average Bonchev–Trinajstić information content (AvgIpc) is 3.62. The summed E-state index contributed by atoms with van der Waals surface area (Å²) in [6, 6.07) is 8.13. The number of thioether (sulfide) groups is 1. The molecule has 0 bridgehead atoms. The van der Waals surface area contributed by atoms with Gasteiger partial charge in [-0.25, -0.2) is 9.40 Å². The van der Waals surface area contributed by atoms with Gasteiger partial charge in [-0.2, -0.15) is 25.9 Å². The van der Waals surface area contributed by atoms with Gasteiger partial charge < -0.3 is 0 Å². The summed E-state index contributed by atoms with van der Waals surface area (Å²) in [6.45, 7) is -0.440. The summed E-state index contributed by atoms with van der Waals surface area (Å²) >= 11 is 6.33. The summed E-state index contributed by atoms with van der Waals surface area (Å²) in [5, 5.41) is 7.17. The van der Waals surface area contributed by atoms with Gasteiger partial charge in [-0.1, -0.05) is 28.9 Å². The van der Waals surface area contributed by atoms with E-state index in [9.17, 15) is 36.0 Å². The Bertz CT molecular complexity index is 1700. The number of rotatable bonds is 7. The lowest BCUT2D eigenvalue weighted by Gasteiger charge is -2.17. The first-order valence-corrected chi connectivity index (χ1v) is 14.7. The Labute approximate surface area is 240 Å². The minimum atomic E-state index is -4.62. The van der Waals surface area contributed by atoms with E-state index in [1.165, 1.54) is 29.0 Å². The van der Waals surface area contributed by atoms with E-state index in [1.807, 2.05) is 4.72 Å². The molecule has 1 N–H and O–H groups in total. The molecule has 11 nitrogen and oxygen atoms in total. The largest absolute Gasteiger partial charge is 0.416 e. The summed E-state index contributed by atoms with van der Waals surface area (Å²) in [5.41, 5.74) is 0.256. The van der Waals surface area contributed by atoms with Crippen LogP contribution in [0.25, 0.3) is 17.1 Å². The Kier molecular flexibility index (Phi) is 7.84. The normalized spacial score (nSPS) is 17.8. The number of imide groups is 1. The number of hydrogen-bond acceptors (Lipinski definition) is 8. The van der Waals surface area contributed by atoms with Crippen molar-refractivity contribution < 1.29 is 36.0 Å². The van der Waals surface area contributed by atoms with Crippen LogP contribution in [-0.2, 0) is 32.5 Å². The van der Waals surface area contributed by atoms with Crippen LogP contribution >= 0.6 is 23.4 Å². The molecule has 2 aliphatic rings. The molecular weight excluding hydrogens is 609 g/mol. The summed E-state index contributed by atoms with van der Waals surface area (Å²) < 4.78 is 69.4. The predicted molar refractivity (Wildman–Crippen MR) is 144 cm³/mol. The van der Waals surface area contributed by atoms with Crippen molar-refractivity contribution in [2.24, 2.45) is 0 Å². The van der Waals surface area contributed by atoms with Crippen LogP contribution in [-0.4, -0.2) is 69.3 Å². The molecule has 41 heavy (non-hydrogen) atoms.